The number of methoxy groups -OCH3 is 1. The smallest absolute Gasteiger partial charge is 0.332 e. The van der Waals surface area contributed by atoms with Gasteiger partial charge in [-0.25, -0.2) is 14.8 Å². The van der Waals surface area contributed by atoms with Gasteiger partial charge in [0.25, 0.3) is 0 Å². The largest absolute Gasteiger partial charge is 0.481 e. The third-order valence-corrected chi connectivity index (χ3v) is 5.55. The molecule has 0 saturated heterocycles. The van der Waals surface area contributed by atoms with E-state index >= 15 is 0 Å². The zero-order valence-electron chi connectivity index (χ0n) is 19.6. The molecule has 2 unspecified atom stereocenters. The van der Waals surface area contributed by atoms with Crippen molar-refractivity contribution in [3.8, 4) is 17.5 Å². The maximum atomic E-state index is 12.3. The summed E-state index contributed by atoms with van der Waals surface area (Å²) in [7, 11) is 1.52. The first-order chi connectivity index (χ1) is 15.5. The maximum Gasteiger partial charge on any atom is 0.332 e. The zero-order valence-corrected chi connectivity index (χ0v) is 20.4. The quantitative estimate of drug-likeness (QED) is 0.573. The molecule has 0 saturated carbocycles. The van der Waals surface area contributed by atoms with Crippen LogP contribution < -0.4 is 14.2 Å². The van der Waals surface area contributed by atoms with Gasteiger partial charge in [0.15, 0.2) is 5.60 Å². The lowest BCUT2D eigenvalue weighted by atomic mass is 9.62. The Labute approximate surface area is 199 Å². The molecule has 7 nitrogen and oxygen atoms in total. The molecule has 1 aliphatic rings. The number of carboxylic acids is 1. The van der Waals surface area contributed by atoms with Crippen molar-refractivity contribution in [3.05, 3.63) is 65.0 Å². The molecule has 33 heavy (non-hydrogen) atoms. The van der Waals surface area contributed by atoms with Gasteiger partial charge in [0.2, 0.25) is 11.8 Å². The molecule has 0 bridgehead atoms. The SMILES string of the molecule is COc1ncccc1C1(Oc2cnc(OC(C)C)c(Cl)c2)C=CC=C(C(=O)O)C1C(C)(C)C. The molecule has 2 atom stereocenters. The summed E-state index contributed by atoms with van der Waals surface area (Å²) in [5.74, 6) is -0.637. The summed E-state index contributed by atoms with van der Waals surface area (Å²) < 4.78 is 17.8. The van der Waals surface area contributed by atoms with Crippen LogP contribution in [0.3, 0.4) is 0 Å². The number of rotatable bonds is 7. The third kappa shape index (κ3) is 4.98. The second-order valence-corrected chi connectivity index (χ2v) is 9.57. The highest BCUT2D eigenvalue weighted by molar-refractivity contribution is 6.31. The highest BCUT2D eigenvalue weighted by atomic mass is 35.5. The van der Waals surface area contributed by atoms with Gasteiger partial charge in [-0.15, -0.1) is 0 Å². The van der Waals surface area contributed by atoms with Crippen molar-refractivity contribution in [1.29, 1.82) is 0 Å². The number of carbonyl (C=O) groups is 1. The first-order valence-electron chi connectivity index (χ1n) is 10.6. The first kappa shape index (κ1) is 24.6. The van der Waals surface area contributed by atoms with Gasteiger partial charge >= 0.3 is 5.97 Å². The molecule has 0 amide bonds. The molecule has 1 aliphatic carbocycles. The lowest BCUT2D eigenvalue weighted by molar-refractivity contribution is -0.135. The number of pyridine rings is 2. The van der Waals surface area contributed by atoms with Crippen molar-refractivity contribution in [2.24, 2.45) is 11.3 Å². The van der Waals surface area contributed by atoms with Gasteiger partial charge in [0, 0.05) is 23.8 Å². The molecule has 2 aromatic rings. The van der Waals surface area contributed by atoms with Crippen LogP contribution in [0, 0.1) is 11.3 Å². The van der Waals surface area contributed by atoms with Crippen LogP contribution >= 0.6 is 11.6 Å². The van der Waals surface area contributed by atoms with Gasteiger partial charge in [-0.2, -0.15) is 0 Å². The van der Waals surface area contributed by atoms with E-state index in [0.717, 1.165) is 0 Å². The maximum absolute atomic E-state index is 12.3. The minimum atomic E-state index is -1.26. The summed E-state index contributed by atoms with van der Waals surface area (Å²) in [6.07, 6.45) is 8.15. The highest BCUT2D eigenvalue weighted by Crippen LogP contribution is 2.52. The van der Waals surface area contributed by atoms with Gasteiger partial charge in [-0.1, -0.05) is 44.5 Å². The molecule has 0 aliphatic heterocycles. The molecule has 3 rings (SSSR count). The van der Waals surface area contributed by atoms with E-state index in [0.29, 0.717) is 23.1 Å². The number of hydrogen-bond donors (Lipinski definition) is 1. The second kappa shape index (κ2) is 9.43. The fraction of sp³-hybridized carbons (Fsp3) is 0.400. The van der Waals surface area contributed by atoms with Crippen molar-refractivity contribution in [1.82, 2.24) is 9.97 Å². The molecule has 2 aromatic heterocycles. The summed E-state index contributed by atoms with van der Waals surface area (Å²) in [6.45, 7) is 9.68. The van der Waals surface area contributed by atoms with Gasteiger partial charge < -0.3 is 19.3 Å². The fourth-order valence-electron chi connectivity index (χ4n) is 4.24. The summed E-state index contributed by atoms with van der Waals surface area (Å²) in [5, 5.41) is 10.3. The zero-order chi connectivity index (χ0) is 24.4. The normalized spacial score (nSPS) is 20.4. The number of halogens is 1. The minimum Gasteiger partial charge on any atom is -0.481 e. The minimum absolute atomic E-state index is 0.0948. The topological polar surface area (TPSA) is 90.8 Å². The molecule has 8 heteroatoms. The Kier molecular flexibility index (Phi) is 7.03. The molecule has 0 aromatic carbocycles. The van der Waals surface area contributed by atoms with Gasteiger partial charge in [-0.3, -0.25) is 0 Å². The summed E-state index contributed by atoms with van der Waals surface area (Å²) in [6, 6.07) is 5.20. The van der Waals surface area contributed by atoms with Crippen molar-refractivity contribution >= 4 is 17.6 Å². The second-order valence-electron chi connectivity index (χ2n) is 9.17. The highest BCUT2D eigenvalue weighted by Gasteiger charge is 2.53. The van der Waals surface area contributed by atoms with Crippen LogP contribution in [0.25, 0.3) is 0 Å². The van der Waals surface area contributed by atoms with Crippen LogP contribution in [-0.4, -0.2) is 34.3 Å². The lowest BCUT2D eigenvalue weighted by Gasteiger charge is -2.47. The molecular weight excluding hydrogens is 444 g/mol. The van der Waals surface area contributed by atoms with Crippen molar-refractivity contribution in [2.45, 2.75) is 46.3 Å². The van der Waals surface area contributed by atoms with E-state index in [4.69, 9.17) is 25.8 Å². The standard InChI is InChI=1S/C25H29ClN2O5/c1-15(2)32-22-19(26)13-16(14-28-22)33-25(18-10-8-12-27-21(18)31-6)11-7-9-17(23(29)30)20(25)24(3,4)5/h7-15,20H,1-6H3,(H,29,30). The number of ether oxygens (including phenoxy) is 3. The average molecular weight is 473 g/mol. The number of allylic oxidation sites excluding steroid dienone is 2. The van der Waals surface area contributed by atoms with E-state index in [1.807, 2.05) is 46.8 Å². The van der Waals surface area contributed by atoms with Crippen LogP contribution in [0.1, 0.15) is 40.2 Å². The molecule has 0 fully saturated rings. The summed E-state index contributed by atoms with van der Waals surface area (Å²) in [4.78, 5) is 20.9. The van der Waals surface area contributed by atoms with Gasteiger partial charge in [0.1, 0.15) is 10.8 Å². The molecule has 1 N–H and O–H groups in total. The number of aromatic nitrogens is 2. The Balaban J connectivity index is 2.23. The number of aliphatic carboxylic acids is 1. The van der Waals surface area contributed by atoms with E-state index in [1.165, 1.54) is 13.3 Å². The van der Waals surface area contributed by atoms with Crippen LogP contribution in [-0.2, 0) is 10.4 Å². The van der Waals surface area contributed by atoms with E-state index in [1.54, 1.807) is 30.5 Å². The van der Waals surface area contributed by atoms with Gasteiger partial charge in [-0.05, 0) is 37.5 Å². The molecule has 2 heterocycles. The summed E-state index contributed by atoms with van der Waals surface area (Å²) >= 11 is 6.42. The van der Waals surface area contributed by atoms with E-state index in [-0.39, 0.29) is 16.7 Å². The predicted octanol–water partition coefficient (Wildman–Crippen LogP) is 5.44. The third-order valence-electron chi connectivity index (χ3n) is 5.27. The molecule has 176 valence electrons. The molecular formula is C25H29ClN2O5. The van der Waals surface area contributed by atoms with Crippen molar-refractivity contribution in [3.63, 3.8) is 0 Å². The van der Waals surface area contributed by atoms with Crippen LogP contribution in [0.4, 0.5) is 0 Å². The monoisotopic (exact) mass is 472 g/mol. The molecule has 0 spiro atoms. The Hall–Kier alpha value is -3.06. The predicted molar refractivity (Wildman–Crippen MR) is 126 cm³/mol. The Bertz CT molecular complexity index is 1090. The number of carboxylic acid groups (broad SMARTS) is 1. The Morgan fingerprint density at radius 2 is 1.97 bits per heavy atom. The van der Waals surface area contributed by atoms with Gasteiger partial charge in [0.05, 0.1) is 25.0 Å². The van der Waals surface area contributed by atoms with E-state index < -0.39 is 22.9 Å². The fourth-order valence-corrected chi connectivity index (χ4v) is 4.44. The first-order valence-corrected chi connectivity index (χ1v) is 11.0. The Morgan fingerprint density at radius 3 is 2.55 bits per heavy atom. The Morgan fingerprint density at radius 1 is 1.24 bits per heavy atom. The number of hydrogen-bond acceptors (Lipinski definition) is 6. The number of nitrogens with zero attached hydrogens (tertiary/aromatic N) is 2. The van der Waals surface area contributed by atoms with Crippen LogP contribution in [0.2, 0.25) is 5.02 Å². The van der Waals surface area contributed by atoms with Crippen molar-refractivity contribution in [2.75, 3.05) is 7.11 Å². The average Bonchev–Trinajstić information content (AvgIpc) is 2.74. The van der Waals surface area contributed by atoms with Crippen LogP contribution in [0.5, 0.6) is 17.5 Å². The van der Waals surface area contributed by atoms with Crippen LogP contribution in [0.15, 0.2) is 54.4 Å². The lowest BCUT2D eigenvalue weighted by Crippen LogP contribution is -2.49. The van der Waals surface area contributed by atoms with E-state index in [9.17, 15) is 9.90 Å². The summed E-state index contributed by atoms with van der Waals surface area (Å²) in [5.41, 5.74) is -0.969. The molecule has 0 radical (unpaired) electrons. The van der Waals surface area contributed by atoms with E-state index in [2.05, 4.69) is 9.97 Å². The van der Waals surface area contributed by atoms with Crippen molar-refractivity contribution < 1.29 is 24.1 Å².